The number of anilines is 1. The van der Waals surface area contributed by atoms with E-state index in [1.165, 1.54) is 11.0 Å². The van der Waals surface area contributed by atoms with E-state index in [0.717, 1.165) is 15.8 Å². The number of carbonyl (C=O) groups excluding carboxylic acids is 2. The zero-order valence-corrected chi connectivity index (χ0v) is 15.6. The molecule has 0 bridgehead atoms. The fourth-order valence-corrected chi connectivity index (χ4v) is 2.47. The molecule has 0 atom stereocenters. The molecule has 2 rings (SSSR count). The van der Waals surface area contributed by atoms with E-state index in [1.54, 1.807) is 26.3 Å². The maximum absolute atomic E-state index is 12.1. The first-order valence-electron chi connectivity index (χ1n) is 7.61. The predicted octanol–water partition coefficient (Wildman–Crippen LogP) is 3.57. The molecule has 0 unspecified atom stereocenters. The van der Waals surface area contributed by atoms with E-state index in [-0.39, 0.29) is 18.4 Å². The molecule has 5 nitrogen and oxygen atoms in total. The zero-order valence-electron chi connectivity index (χ0n) is 14.0. The second-order valence-electron chi connectivity index (χ2n) is 5.33. The summed E-state index contributed by atoms with van der Waals surface area (Å²) in [5.41, 5.74) is 1.51. The Kier molecular flexibility index (Phi) is 6.77. The number of methoxy groups -OCH3 is 1. The van der Waals surface area contributed by atoms with E-state index in [0.29, 0.717) is 5.69 Å². The van der Waals surface area contributed by atoms with E-state index in [1.807, 2.05) is 42.5 Å². The number of ether oxygens (including phenoxy) is 1. The van der Waals surface area contributed by atoms with Gasteiger partial charge in [0.1, 0.15) is 5.75 Å². The molecule has 0 aliphatic carbocycles. The van der Waals surface area contributed by atoms with Crippen LogP contribution < -0.4 is 10.1 Å². The Balaban J connectivity index is 1.92. The minimum atomic E-state index is -0.266. The highest BCUT2D eigenvalue weighted by Crippen LogP contribution is 2.21. The third-order valence-electron chi connectivity index (χ3n) is 3.42. The number of carbonyl (C=O) groups is 2. The van der Waals surface area contributed by atoms with Gasteiger partial charge in [0.2, 0.25) is 11.8 Å². The summed E-state index contributed by atoms with van der Waals surface area (Å²) in [6.45, 7) is -0.0391. The fraction of sp³-hybridized carbons (Fsp3) is 0.158. The van der Waals surface area contributed by atoms with Gasteiger partial charge in [-0.2, -0.15) is 0 Å². The molecule has 0 aromatic heterocycles. The summed E-state index contributed by atoms with van der Waals surface area (Å²) in [4.78, 5) is 25.6. The Labute approximate surface area is 155 Å². The van der Waals surface area contributed by atoms with E-state index >= 15 is 0 Å². The minimum absolute atomic E-state index is 0.0391. The number of para-hydroxylation sites is 1. The maximum atomic E-state index is 12.1. The number of hydrogen-bond donors (Lipinski definition) is 1. The smallest absolute Gasteiger partial charge is 0.246 e. The Hall–Kier alpha value is -2.60. The molecular formula is C19H19BrN2O3. The second kappa shape index (κ2) is 9.03. The van der Waals surface area contributed by atoms with Gasteiger partial charge in [0, 0.05) is 17.6 Å². The van der Waals surface area contributed by atoms with E-state index in [4.69, 9.17) is 4.74 Å². The molecule has 0 aliphatic rings. The van der Waals surface area contributed by atoms with Crippen molar-refractivity contribution in [2.24, 2.45) is 0 Å². The Morgan fingerprint density at radius 3 is 2.68 bits per heavy atom. The first-order valence-corrected chi connectivity index (χ1v) is 8.40. The van der Waals surface area contributed by atoms with Crippen molar-refractivity contribution in [1.82, 2.24) is 4.90 Å². The Morgan fingerprint density at radius 1 is 1.20 bits per heavy atom. The lowest BCUT2D eigenvalue weighted by Crippen LogP contribution is -2.33. The van der Waals surface area contributed by atoms with Gasteiger partial charge >= 0.3 is 0 Å². The predicted molar refractivity (Wildman–Crippen MR) is 102 cm³/mol. The minimum Gasteiger partial charge on any atom is -0.497 e. The molecule has 2 aromatic rings. The van der Waals surface area contributed by atoms with Gasteiger partial charge in [-0.3, -0.25) is 9.59 Å². The number of rotatable bonds is 6. The normalized spacial score (nSPS) is 10.5. The second-order valence-corrected chi connectivity index (χ2v) is 6.19. The molecule has 0 radical (unpaired) electrons. The number of hydrogen-bond acceptors (Lipinski definition) is 3. The van der Waals surface area contributed by atoms with Gasteiger partial charge in [0.25, 0.3) is 0 Å². The fourth-order valence-electron chi connectivity index (χ4n) is 2.09. The highest BCUT2D eigenvalue weighted by Gasteiger charge is 2.11. The van der Waals surface area contributed by atoms with Gasteiger partial charge < -0.3 is 15.0 Å². The molecule has 2 amide bonds. The molecular weight excluding hydrogens is 384 g/mol. The van der Waals surface area contributed by atoms with Crippen LogP contribution in [0.2, 0.25) is 0 Å². The molecule has 25 heavy (non-hydrogen) atoms. The van der Waals surface area contributed by atoms with E-state index < -0.39 is 0 Å². The number of nitrogens with one attached hydrogen (secondary N) is 1. The third kappa shape index (κ3) is 5.76. The number of amides is 2. The summed E-state index contributed by atoms with van der Waals surface area (Å²) < 4.78 is 5.93. The molecule has 130 valence electrons. The molecule has 0 fully saturated rings. The molecule has 0 saturated carbocycles. The van der Waals surface area contributed by atoms with Gasteiger partial charge in [0.05, 0.1) is 19.3 Å². The summed E-state index contributed by atoms with van der Waals surface area (Å²) in [5, 5.41) is 2.76. The first-order chi connectivity index (χ1) is 12.0. The van der Waals surface area contributed by atoms with Crippen molar-refractivity contribution in [3.05, 3.63) is 64.6 Å². The molecule has 0 heterocycles. The van der Waals surface area contributed by atoms with Crippen molar-refractivity contribution in [3.8, 4) is 5.75 Å². The number of likely N-dealkylation sites (N-methyl/N-ethyl adjacent to an activating group) is 1. The zero-order chi connectivity index (χ0) is 18.2. The van der Waals surface area contributed by atoms with Crippen LogP contribution in [-0.2, 0) is 9.59 Å². The molecule has 2 aromatic carbocycles. The van der Waals surface area contributed by atoms with Gasteiger partial charge in [-0.05, 0) is 51.8 Å². The van der Waals surface area contributed by atoms with E-state index in [9.17, 15) is 9.59 Å². The van der Waals surface area contributed by atoms with Gasteiger partial charge in [-0.15, -0.1) is 0 Å². The maximum Gasteiger partial charge on any atom is 0.246 e. The van der Waals surface area contributed by atoms with Crippen LogP contribution in [0.4, 0.5) is 5.69 Å². The van der Waals surface area contributed by atoms with Crippen LogP contribution in [0.25, 0.3) is 6.08 Å². The summed E-state index contributed by atoms with van der Waals surface area (Å²) in [7, 11) is 3.17. The van der Waals surface area contributed by atoms with Crippen molar-refractivity contribution in [1.29, 1.82) is 0 Å². The number of benzene rings is 2. The Morgan fingerprint density at radius 2 is 1.96 bits per heavy atom. The van der Waals surface area contributed by atoms with Crippen LogP contribution in [0.5, 0.6) is 5.75 Å². The average molecular weight is 403 g/mol. The number of nitrogens with zero attached hydrogens (tertiary/aromatic N) is 1. The number of halogens is 1. The monoisotopic (exact) mass is 402 g/mol. The van der Waals surface area contributed by atoms with E-state index in [2.05, 4.69) is 21.2 Å². The standard InChI is InChI=1S/C19H19BrN2O3/c1-22(13-18(23)21-17-9-4-3-8-16(17)20)19(24)11-10-14-6-5-7-15(12-14)25-2/h3-12H,13H2,1-2H3,(H,21,23)/b11-10+. The molecule has 0 saturated heterocycles. The van der Waals surface area contributed by atoms with Crippen LogP contribution in [0.3, 0.4) is 0 Å². The van der Waals surface area contributed by atoms with Crippen LogP contribution in [0.15, 0.2) is 59.1 Å². The first kappa shape index (κ1) is 18.7. The highest BCUT2D eigenvalue weighted by molar-refractivity contribution is 9.10. The summed E-state index contributed by atoms with van der Waals surface area (Å²) in [6, 6.07) is 14.7. The lowest BCUT2D eigenvalue weighted by Gasteiger charge is -2.15. The highest BCUT2D eigenvalue weighted by atomic mass is 79.9. The summed E-state index contributed by atoms with van der Waals surface area (Å²) >= 11 is 3.37. The molecule has 0 spiro atoms. The average Bonchev–Trinajstić information content (AvgIpc) is 2.61. The SMILES string of the molecule is COc1cccc(/C=C/C(=O)N(C)CC(=O)Nc2ccccc2Br)c1. The van der Waals surface area contributed by atoms with Gasteiger partial charge in [0.15, 0.2) is 0 Å². The summed E-state index contributed by atoms with van der Waals surface area (Å²) in [6.07, 6.45) is 3.12. The van der Waals surface area contributed by atoms with Crippen molar-refractivity contribution < 1.29 is 14.3 Å². The Bertz CT molecular complexity index is 790. The molecule has 1 N–H and O–H groups in total. The largest absolute Gasteiger partial charge is 0.497 e. The van der Waals surface area contributed by atoms with Gasteiger partial charge in [-0.25, -0.2) is 0 Å². The topological polar surface area (TPSA) is 58.6 Å². The van der Waals surface area contributed by atoms with Crippen LogP contribution >= 0.6 is 15.9 Å². The van der Waals surface area contributed by atoms with Crippen molar-refractivity contribution >= 4 is 39.5 Å². The summed E-state index contributed by atoms with van der Waals surface area (Å²) in [5.74, 6) is 0.193. The quantitative estimate of drug-likeness (QED) is 0.751. The van der Waals surface area contributed by atoms with Crippen molar-refractivity contribution in [2.75, 3.05) is 26.0 Å². The van der Waals surface area contributed by atoms with Crippen LogP contribution in [0.1, 0.15) is 5.56 Å². The molecule has 0 aliphatic heterocycles. The lowest BCUT2D eigenvalue weighted by atomic mass is 10.2. The van der Waals surface area contributed by atoms with Crippen LogP contribution in [0, 0.1) is 0 Å². The lowest BCUT2D eigenvalue weighted by molar-refractivity contribution is -0.129. The van der Waals surface area contributed by atoms with Crippen LogP contribution in [-0.4, -0.2) is 37.4 Å². The third-order valence-corrected chi connectivity index (χ3v) is 4.11. The van der Waals surface area contributed by atoms with Gasteiger partial charge in [-0.1, -0.05) is 24.3 Å². The molecule has 6 heteroatoms. The van der Waals surface area contributed by atoms with Crippen molar-refractivity contribution in [2.45, 2.75) is 0 Å². The van der Waals surface area contributed by atoms with Crippen molar-refractivity contribution in [3.63, 3.8) is 0 Å².